The fourth-order valence-electron chi connectivity index (χ4n) is 3.10. The van der Waals surface area contributed by atoms with Crippen molar-refractivity contribution in [3.05, 3.63) is 29.8 Å². The maximum Gasteiger partial charge on any atom is 0.335 e. The second-order valence-corrected chi connectivity index (χ2v) is 5.89. The number of carbonyl (C=O) groups is 3. The van der Waals surface area contributed by atoms with Crippen molar-refractivity contribution in [2.24, 2.45) is 5.41 Å². The molecule has 1 amide bonds. The van der Waals surface area contributed by atoms with Gasteiger partial charge in [-0.25, -0.2) is 4.79 Å². The molecular weight excluding hydrogens is 286 g/mol. The summed E-state index contributed by atoms with van der Waals surface area (Å²) in [6.07, 6.45) is 3.61. The van der Waals surface area contributed by atoms with Crippen molar-refractivity contribution in [2.75, 3.05) is 5.32 Å². The van der Waals surface area contributed by atoms with Crippen LogP contribution in [0.1, 0.15) is 48.9 Å². The number of aliphatic carboxylic acids is 1. The summed E-state index contributed by atoms with van der Waals surface area (Å²) in [5, 5.41) is 20.6. The zero-order valence-corrected chi connectivity index (χ0v) is 12.2. The first-order chi connectivity index (χ1) is 10.4. The van der Waals surface area contributed by atoms with E-state index < -0.39 is 17.4 Å². The lowest BCUT2D eigenvalue weighted by molar-refractivity contribution is -0.140. The summed E-state index contributed by atoms with van der Waals surface area (Å²) in [4.78, 5) is 33.9. The van der Waals surface area contributed by atoms with E-state index >= 15 is 0 Å². The molecule has 1 saturated carbocycles. The second-order valence-electron chi connectivity index (χ2n) is 5.89. The molecule has 0 heterocycles. The third-order valence-electron chi connectivity index (χ3n) is 4.14. The molecule has 0 atom stereocenters. The van der Waals surface area contributed by atoms with E-state index in [0.29, 0.717) is 5.69 Å². The molecule has 2 rings (SSSR count). The molecule has 0 aliphatic heterocycles. The van der Waals surface area contributed by atoms with Gasteiger partial charge in [0.15, 0.2) is 0 Å². The van der Waals surface area contributed by atoms with E-state index in [1.807, 2.05) is 0 Å². The van der Waals surface area contributed by atoms with Crippen molar-refractivity contribution < 1.29 is 24.6 Å². The molecule has 1 aliphatic carbocycles. The van der Waals surface area contributed by atoms with Gasteiger partial charge in [-0.2, -0.15) is 0 Å². The van der Waals surface area contributed by atoms with Crippen molar-refractivity contribution in [2.45, 2.75) is 38.5 Å². The minimum Gasteiger partial charge on any atom is -0.481 e. The Kier molecular flexibility index (Phi) is 4.80. The predicted octanol–water partition coefficient (Wildman–Crippen LogP) is 2.75. The molecule has 0 aromatic heterocycles. The van der Waals surface area contributed by atoms with Crippen LogP contribution in [0, 0.1) is 5.41 Å². The number of anilines is 1. The number of carboxylic acid groups (broad SMARTS) is 2. The van der Waals surface area contributed by atoms with Crippen LogP contribution < -0.4 is 5.32 Å². The van der Waals surface area contributed by atoms with Gasteiger partial charge in [0.05, 0.1) is 12.0 Å². The summed E-state index contributed by atoms with van der Waals surface area (Å²) in [5.74, 6) is -2.13. The number of rotatable bonds is 6. The average molecular weight is 305 g/mol. The molecule has 6 heteroatoms. The Balaban J connectivity index is 1.99. The number of carboxylic acids is 2. The van der Waals surface area contributed by atoms with Gasteiger partial charge < -0.3 is 15.5 Å². The van der Waals surface area contributed by atoms with E-state index in [-0.39, 0.29) is 24.3 Å². The van der Waals surface area contributed by atoms with Crippen LogP contribution in [0.15, 0.2) is 24.3 Å². The van der Waals surface area contributed by atoms with Gasteiger partial charge in [0.1, 0.15) is 0 Å². The number of aromatic carboxylic acids is 1. The van der Waals surface area contributed by atoms with Gasteiger partial charge >= 0.3 is 11.9 Å². The fraction of sp³-hybridized carbons (Fsp3) is 0.438. The average Bonchev–Trinajstić information content (AvgIpc) is 2.86. The lowest BCUT2D eigenvalue weighted by Gasteiger charge is -2.26. The third-order valence-corrected chi connectivity index (χ3v) is 4.14. The fourth-order valence-corrected chi connectivity index (χ4v) is 3.10. The standard InChI is InChI=1S/C16H19NO5/c18-13(9-16(10-14(19)20)7-1-2-8-16)17-12-5-3-11(4-6-12)15(21)22/h3-6H,1-2,7-10H2,(H,17,18)(H,19,20)(H,21,22). The van der Waals surface area contributed by atoms with Gasteiger partial charge in [0.25, 0.3) is 0 Å². The lowest BCUT2D eigenvalue weighted by Crippen LogP contribution is -2.27. The van der Waals surface area contributed by atoms with Crippen molar-refractivity contribution >= 4 is 23.5 Å². The molecule has 0 unspecified atom stereocenters. The van der Waals surface area contributed by atoms with E-state index in [4.69, 9.17) is 10.2 Å². The Morgan fingerprint density at radius 2 is 1.59 bits per heavy atom. The van der Waals surface area contributed by atoms with E-state index in [1.165, 1.54) is 24.3 Å². The third kappa shape index (κ3) is 4.07. The zero-order chi connectivity index (χ0) is 16.2. The highest BCUT2D eigenvalue weighted by Crippen LogP contribution is 2.44. The number of carbonyl (C=O) groups excluding carboxylic acids is 1. The Morgan fingerprint density at radius 1 is 1.00 bits per heavy atom. The molecule has 6 nitrogen and oxygen atoms in total. The first kappa shape index (κ1) is 16.0. The van der Waals surface area contributed by atoms with Crippen LogP contribution in [0.4, 0.5) is 5.69 Å². The summed E-state index contributed by atoms with van der Waals surface area (Å²) in [6, 6.07) is 5.89. The van der Waals surface area contributed by atoms with Crippen LogP contribution in [0.2, 0.25) is 0 Å². The van der Waals surface area contributed by atoms with Crippen LogP contribution in [-0.4, -0.2) is 28.1 Å². The Hall–Kier alpha value is -2.37. The summed E-state index contributed by atoms with van der Waals surface area (Å²) < 4.78 is 0. The first-order valence-corrected chi connectivity index (χ1v) is 7.25. The largest absolute Gasteiger partial charge is 0.481 e. The van der Waals surface area contributed by atoms with Gasteiger partial charge in [0, 0.05) is 12.1 Å². The van der Waals surface area contributed by atoms with Crippen molar-refractivity contribution in [3.63, 3.8) is 0 Å². The normalized spacial score (nSPS) is 16.2. The van der Waals surface area contributed by atoms with Gasteiger partial charge in [-0.15, -0.1) is 0 Å². The minimum atomic E-state index is -1.02. The molecule has 1 aromatic carbocycles. The van der Waals surface area contributed by atoms with E-state index in [9.17, 15) is 14.4 Å². The molecule has 0 spiro atoms. The molecule has 0 saturated heterocycles. The minimum absolute atomic E-state index is 0.0123. The number of benzene rings is 1. The Morgan fingerprint density at radius 3 is 2.09 bits per heavy atom. The molecule has 0 radical (unpaired) electrons. The summed E-state index contributed by atoms with van der Waals surface area (Å²) in [7, 11) is 0. The van der Waals surface area contributed by atoms with Crippen LogP contribution in [0.5, 0.6) is 0 Å². The maximum absolute atomic E-state index is 12.2. The molecule has 3 N–H and O–H groups in total. The number of hydrogen-bond acceptors (Lipinski definition) is 3. The summed E-state index contributed by atoms with van der Waals surface area (Å²) in [6.45, 7) is 0. The van der Waals surface area contributed by atoms with Crippen LogP contribution in [0.25, 0.3) is 0 Å². The van der Waals surface area contributed by atoms with Crippen molar-refractivity contribution in [1.82, 2.24) is 0 Å². The van der Waals surface area contributed by atoms with E-state index in [1.54, 1.807) is 0 Å². The maximum atomic E-state index is 12.2. The molecule has 118 valence electrons. The molecule has 0 bridgehead atoms. The smallest absolute Gasteiger partial charge is 0.335 e. The quantitative estimate of drug-likeness (QED) is 0.749. The second kappa shape index (κ2) is 6.60. The van der Waals surface area contributed by atoms with Crippen LogP contribution in [0.3, 0.4) is 0 Å². The Labute approximate surface area is 128 Å². The van der Waals surface area contributed by atoms with Gasteiger partial charge in [-0.05, 0) is 42.5 Å². The first-order valence-electron chi connectivity index (χ1n) is 7.25. The highest BCUT2D eigenvalue weighted by Gasteiger charge is 2.37. The van der Waals surface area contributed by atoms with Gasteiger partial charge in [-0.3, -0.25) is 9.59 Å². The van der Waals surface area contributed by atoms with Gasteiger partial charge in [-0.1, -0.05) is 12.8 Å². The summed E-state index contributed by atoms with van der Waals surface area (Å²) >= 11 is 0. The number of nitrogens with one attached hydrogen (secondary N) is 1. The molecule has 1 aliphatic rings. The molecule has 1 fully saturated rings. The summed E-state index contributed by atoms with van der Waals surface area (Å²) in [5.41, 5.74) is 0.214. The number of hydrogen-bond donors (Lipinski definition) is 3. The monoisotopic (exact) mass is 305 g/mol. The molecular formula is C16H19NO5. The molecule has 1 aromatic rings. The van der Waals surface area contributed by atoms with E-state index in [0.717, 1.165) is 25.7 Å². The van der Waals surface area contributed by atoms with Crippen LogP contribution >= 0.6 is 0 Å². The Bertz CT molecular complexity index is 573. The lowest BCUT2D eigenvalue weighted by atomic mass is 9.79. The topological polar surface area (TPSA) is 104 Å². The SMILES string of the molecule is O=C(O)CC1(CC(=O)Nc2ccc(C(=O)O)cc2)CCCC1. The predicted molar refractivity (Wildman–Crippen MR) is 79.8 cm³/mol. The highest BCUT2D eigenvalue weighted by molar-refractivity contribution is 5.93. The molecule has 22 heavy (non-hydrogen) atoms. The highest BCUT2D eigenvalue weighted by atomic mass is 16.4. The van der Waals surface area contributed by atoms with Gasteiger partial charge in [0.2, 0.25) is 5.91 Å². The van der Waals surface area contributed by atoms with Crippen molar-refractivity contribution in [1.29, 1.82) is 0 Å². The zero-order valence-electron chi connectivity index (χ0n) is 12.2. The number of amides is 1. The van der Waals surface area contributed by atoms with E-state index in [2.05, 4.69) is 5.32 Å². The van der Waals surface area contributed by atoms with Crippen LogP contribution in [-0.2, 0) is 9.59 Å². The van der Waals surface area contributed by atoms with Crippen molar-refractivity contribution in [3.8, 4) is 0 Å².